The first-order valence-corrected chi connectivity index (χ1v) is 6.23. The lowest BCUT2D eigenvalue weighted by Gasteiger charge is -2.10. The van der Waals surface area contributed by atoms with Crippen molar-refractivity contribution in [3.05, 3.63) is 64.7 Å². The number of benzene rings is 2. The quantitative estimate of drug-likeness (QED) is 0.903. The molecule has 1 heterocycles. The monoisotopic (exact) mass is 274 g/mol. The molecule has 0 bridgehead atoms. The summed E-state index contributed by atoms with van der Waals surface area (Å²) < 4.78 is 26.0. The molecule has 0 saturated carbocycles. The molecule has 1 aliphatic rings. The lowest BCUT2D eigenvalue weighted by molar-refractivity contribution is 0.0966. The molecule has 20 heavy (non-hydrogen) atoms. The topological polar surface area (TPSA) is 41.1 Å². The Morgan fingerprint density at radius 1 is 1.15 bits per heavy atom. The van der Waals surface area contributed by atoms with Gasteiger partial charge in [-0.15, -0.1) is 0 Å². The molecule has 2 N–H and O–H groups in total. The molecule has 1 amide bonds. The van der Waals surface area contributed by atoms with E-state index in [0.717, 1.165) is 23.4 Å². The maximum absolute atomic E-state index is 13.1. The van der Waals surface area contributed by atoms with Crippen molar-refractivity contribution in [2.75, 3.05) is 5.32 Å². The maximum atomic E-state index is 13.1. The highest BCUT2D eigenvalue weighted by Gasteiger charge is 2.20. The lowest BCUT2D eigenvalue weighted by atomic mass is 10.1. The van der Waals surface area contributed by atoms with Crippen LogP contribution in [0.25, 0.3) is 0 Å². The Kier molecular flexibility index (Phi) is 3.10. The summed E-state index contributed by atoms with van der Waals surface area (Å²) in [6.07, 6.45) is 0. The Morgan fingerprint density at radius 2 is 2.00 bits per heavy atom. The molecule has 0 radical (unpaired) electrons. The Balaban J connectivity index is 1.79. The average Bonchev–Trinajstić information content (AvgIpc) is 2.83. The number of carbonyl (C=O) groups excluding carboxylic acids is 1. The van der Waals surface area contributed by atoms with E-state index in [9.17, 15) is 13.6 Å². The summed E-state index contributed by atoms with van der Waals surface area (Å²) in [5.74, 6) is -1.81. The fourth-order valence-corrected chi connectivity index (χ4v) is 2.27. The number of nitrogens with one attached hydrogen (secondary N) is 2. The van der Waals surface area contributed by atoms with E-state index in [2.05, 4.69) is 10.6 Å². The van der Waals surface area contributed by atoms with E-state index in [1.54, 1.807) is 12.1 Å². The summed E-state index contributed by atoms with van der Waals surface area (Å²) in [5, 5.41) is 5.90. The van der Waals surface area contributed by atoms with Crippen LogP contribution in [0.4, 0.5) is 14.5 Å². The van der Waals surface area contributed by atoms with Crippen LogP contribution >= 0.6 is 0 Å². The lowest BCUT2D eigenvalue weighted by Crippen LogP contribution is -2.12. The molecular weight excluding hydrogens is 262 g/mol. The van der Waals surface area contributed by atoms with Gasteiger partial charge in [0, 0.05) is 29.9 Å². The first-order valence-electron chi connectivity index (χ1n) is 6.23. The van der Waals surface area contributed by atoms with Gasteiger partial charge in [-0.1, -0.05) is 12.1 Å². The third-order valence-corrected chi connectivity index (χ3v) is 3.31. The molecular formula is C15H12F2N2O. The van der Waals surface area contributed by atoms with Crippen LogP contribution in [0.5, 0.6) is 0 Å². The maximum Gasteiger partial charge on any atom is 0.251 e. The SMILES string of the molecule is O=C1NCc2c(NCc3ccc(F)c(F)c3)cccc21. The van der Waals surface area contributed by atoms with Gasteiger partial charge in [-0.3, -0.25) is 4.79 Å². The minimum atomic E-state index is -0.862. The zero-order valence-corrected chi connectivity index (χ0v) is 10.5. The summed E-state index contributed by atoms with van der Waals surface area (Å²) in [7, 11) is 0. The minimum Gasteiger partial charge on any atom is -0.381 e. The highest BCUT2D eigenvalue weighted by atomic mass is 19.2. The molecule has 0 spiro atoms. The standard InChI is InChI=1S/C15H12F2N2O/c16-12-5-4-9(6-13(12)17)7-18-14-3-1-2-10-11(14)8-19-15(10)20/h1-6,18H,7-8H2,(H,19,20). The van der Waals surface area contributed by atoms with Crippen molar-refractivity contribution in [3.8, 4) is 0 Å². The Labute approximate surface area is 114 Å². The molecule has 0 atom stereocenters. The third-order valence-electron chi connectivity index (χ3n) is 3.31. The molecule has 0 aliphatic carbocycles. The van der Waals surface area contributed by atoms with Crippen LogP contribution in [0.15, 0.2) is 36.4 Å². The van der Waals surface area contributed by atoms with Crippen molar-refractivity contribution < 1.29 is 13.6 Å². The van der Waals surface area contributed by atoms with Crippen LogP contribution in [0.3, 0.4) is 0 Å². The summed E-state index contributed by atoms with van der Waals surface area (Å²) in [6.45, 7) is 0.844. The van der Waals surface area contributed by atoms with E-state index in [-0.39, 0.29) is 5.91 Å². The van der Waals surface area contributed by atoms with E-state index < -0.39 is 11.6 Å². The first kappa shape index (κ1) is 12.6. The second-order valence-electron chi connectivity index (χ2n) is 4.62. The van der Waals surface area contributed by atoms with Gasteiger partial charge >= 0.3 is 0 Å². The van der Waals surface area contributed by atoms with Gasteiger partial charge in [0.05, 0.1) is 0 Å². The van der Waals surface area contributed by atoms with E-state index in [0.29, 0.717) is 24.2 Å². The number of rotatable bonds is 3. The Morgan fingerprint density at radius 3 is 2.80 bits per heavy atom. The van der Waals surface area contributed by atoms with Crippen molar-refractivity contribution in [1.29, 1.82) is 0 Å². The van der Waals surface area contributed by atoms with Crippen LogP contribution in [-0.4, -0.2) is 5.91 Å². The van der Waals surface area contributed by atoms with E-state index >= 15 is 0 Å². The number of anilines is 1. The second-order valence-corrected chi connectivity index (χ2v) is 4.62. The number of fused-ring (bicyclic) bond motifs is 1. The Hall–Kier alpha value is -2.43. The van der Waals surface area contributed by atoms with Crippen molar-refractivity contribution in [2.45, 2.75) is 13.1 Å². The molecule has 2 aromatic carbocycles. The van der Waals surface area contributed by atoms with Gasteiger partial charge in [0.2, 0.25) is 0 Å². The molecule has 0 saturated heterocycles. The van der Waals surface area contributed by atoms with Gasteiger partial charge < -0.3 is 10.6 Å². The van der Waals surface area contributed by atoms with Crippen LogP contribution in [0.1, 0.15) is 21.5 Å². The van der Waals surface area contributed by atoms with Crippen molar-refractivity contribution >= 4 is 11.6 Å². The molecule has 0 unspecified atom stereocenters. The molecule has 3 rings (SSSR count). The summed E-state index contributed by atoms with van der Waals surface area (Å²) in [6, 6.07) is 9.20. The molecule has 5 heteroatoms. The van der Waals surface area contributed by atoms with Crippen LogP contribution in [0.2, 0.25) is 0 Å². The smallest absolute Gasteiger partial charge is 0.251 e. The predicted molar refractivity (Wildman–Crippen MR) is 71.3 cm³/mol. The number of halogens is 2. The second kappa shape index (κ2) is 4.92. The number of carbonyl (C=O) groups is 1. The summed E-state index contributed by atoms with van der Waals surface area (Å²) in [4.78, 5) is 11.5. The van der Waals surface area contributed by atoms with E-state index in [4.69, 9.17) is 0 Å². The first-order chi connectivity index (χ1) is 9.65. The highest BCUT2D eigenvalue weighted by Crippen LogP contribution is 2.24. The number of hydrogen-bond acceptors (Lipinski definition) is 2. The predicted octanol–water partition coefficient (Wildman–Crippen LogP) is 2.82. The average molecular weight is 274 g/mol. The Bertz CT molecular complexity index is 686. The fraction of sp³-hybridized carbons (Fsp3) is 0.133. The zero-order valence-electron chi connectivity index (χ0n) is 10.5. The fourth-order valence-electron chi connectivity index (χ4n) is 2.27. The van der Waals surface area contributed by atoms with Gasteiger partial charge in [0.15, 0.2) is 11.6 Å². The molecule has 3 nitrogen and oxygen atoms in total. The van der Waals surface area contributed by atoms with Crippen molar-refractivity contribution in [1.82, 2.24) is 5.32 Å². The van der Waals surface area contributed by atoms with Crippen molar-refractivity contribution in [2.24, 2.45) is 0 Å². The molecule has 1 aliphatic heterocycles. The summed E-state index contributed by atoms with van der Waals surface area (Å²) >= 11 is 0. The van der Waals surface area contributed by atoms with Crippen molar-refractivity contribution in [3.63, 3.8) is 0 Å². The molecule has 0 fully saturated rings. The largest absolute Gasteiger partial charge is 0.381 e. The van der Waals surface area contributed by atoms with Gasteiger partial charge in [0.1, 0.15) is 0 Å². The van der Waals surface area contributed by atoms with E-state index in [1.165, 1.54) is 6.07 Å². The zero-order chi connectivity index (χ0) is 14.1. The number of amides is 1. The molecule has 0 aromatic heterocycles. The van der Waals surface area contributed by atoms with Crippen LogP contribution < -0.4 is 10.6 Å². The van der Waals surface area contributed by atoms with Gasteiger partial charge in [-0.2, -0.15) is 0 Å². The van der Waals surface area contributed by atoms with Gasteiger partial charge in [-0.25, -0.2) is 8.78 Å². The molecule has 2 aromatic rings. The third kappa shape index (κ3) is 2.22. The highest BCUT2D eigenvalue weighted by molar-refractivity contribution is 5.99. The van der Waals surface area contributed by atoms with Crippen LogP contribution in [0, 0.1) is 11.6 Å². The molecule has 102 valence electrons. The summed E-state index contributed by atoms with van der Waals surface area (Å²) in [5.41, 5.74) is 3.02. The van der Waals surface area contributed by atoms with Gasteiger partial charge in [-0.05, 0) is 29.8 Å². The minimum absolute atomic E-state index is 0.0866. The van der Waals surface area contributed by atoms with E-state index in [1.807, 2.05) is 6.07 Å². The van der Waals surface area contributed by atoms with Crippen LogP contribution in [-0.2, 0) is 13.1 Å². The number of hydrogen-bond donors (Lipinski definition) is 2. The van der Waals surface area contributed by atoms with Gasteiger partial charge in [0.25, 0.3) is 5.91 Å². The normalized spacial score (nSPS) is 13.0.